The van der Waals surface area contributed by atoms with Gasteiger partial charge in [0.05, 0.1) is 12.8 Å². The number of benzene rings is 1. The zero-order chi connectivity index (χ0) is 15.5. The largest absolute Gasteiger partial charge is 0.495 e. The van der Waals surface area contributed by atoms with Crippen LogP contribution in [0.1, 0.15) is 39.2 Å². The highest BCUT2D eigenvalue weighted by atomic mass is 16.5. The molecule has 0 saturated carbocycles. The van der Waals surface area contributed by atoms with Crippen LogP contribution in [0.5, 0.6) is 5.75 Å². The maximum Gasteiger partial charge on any atom is 0.228 e. The smallest absolute Gasteiger partial charge is 0.228 e. The van der Waals surface area contributed by atoms with Crippen molar-refractivity contribution in [2.24, 2.45) is 0 Å². The van der Waals surface area contributed by atoms with Crippen molar-refractivity contribution in [1.29, 1.82) is 0 Å². The average molecular weight is 290 g/mol. The van der Waals surface area contributed by atoms with E-state index in [2.05, 4.69) is 32.2 Å². The predicted octanol–water partition coefficient (Wildman–Crippen LogP) is 2.75. The molecule has 1 amide bonds. The number of carbonyl (C=O) groups is 1. The molecule has 0 bridgehead atoms. The van der Waals surface area contributed by atoms with Crippen LogP contribution in [0, 0.1) is 0 Å². The number of methoxy groups -OCH3 is 1. The summed E-state index contributed by atoms with van der Waals surface area (Å²) in [5.74, 6) is 0.960. The Morgan fingerprint density at radius 2 is 2.14 bits per heavy atom. The van der Waals surface area contributed by atoms with E-state index in [4.69, 9.17) is 4.74 Å². The molecule has 0 radical (unpaired) electrons. The number of amides is 1. The molecule has 1 aromatic rings. The van der Waals surface area contributed by atoms with Crippen LogP contribution < -0.4 is 15.0 Å². The summed E-state index contributed by atoms with van der Waals surface area (Å²) in [6, 6.07) is 6.01. The van der Waals surface area contributed by atoms with Crippen molar-refractivity contribution >= 4 is 11.6 Å². The van der Waals surface area contributed by atoms with Gasteiger partial charge in [-0.3, -0.25) is 4.79 Å². The standard InChI is InChI=1S/C17H26N2O2/c1-17(2,3)18-11-10-15(20)19-12-6-8-13-7-5-9-14(21-4)16(13)19/h5,7,9,18H,6,8,10-12H2,1-4H3. The van der Waals surface area contributed by atoms with Gasteiger partial charge in [-0.2, -0.15) is 0 Å². The van der Waals surface area contributed by atoms with Crippen LogP contribution in [0.3, 0.4) is 0 Å². The lowest BCUT2D eigenvalue weighted by molar-refractivity contribution is -0.118. The maximum atomic E-state index is 12.5. The Morgan fingerprint density at radius 3 is 2.81 bits per heavy atom. The number of fused-ring (bicyclic) bond motifs is 1. The van der Waals surface area contributed by atoms with E-state index in [0.717, 1.165) is 30.8 Å². The van der Waals surface area contributed by atoms with E-state index in [1.165, 1.54) is 5.56 Å². The number of aryl methyl sites for hydroxylation is 1. The molecule has 0 aliphatic carbocycles. The van der Waals surface area contributed by atoms with Crippen LogP contribution >= 0.6 is 0 Å². The van der Waals surface area contributed by atoms with Crippen molar-refractivity contribution in [3.8, 4) is 5.75 Å². The summed E-state index contributed by atoms with van der Waals surface area (Å²) in [6.45, 7) is 7.80. The fraction of sp³-hybridized carbons (Fsp3) is 0.588. The number of ether oxygens (including phenoxy) is 1. The van der Waals surface area contributed by atoms with Gasteiger partial charge >= 0.3 is 0 Å². The van der Waals surface area contributed by atoms with Gasteiger partial charge in [-0.05, 0) is 45.2 Å². The van der Waals surface area contributed by atoms with Crippen LogP contribution in [0.4, 0.5) is 5.69 Å². The van der Waals surface area contributed by atoms with Gasteiger partial charge in [0.1, 0.15) is 5.75 Å². The summed E-state index contributed by atoms with van der Waals surface area (Å²) in [7, 11) is 1.66. The Balaban J connectivity index is 2.10. The highest BCUT2D eigenvalue weighted by Crippen LogP contribution is 2.36. The quantitative estimate of drug-likeness (QED) is 0.927. The zero-order valence-electron chi connectivity index (χ0n) is 13.5. The van der Waals surface area contributed by atoms with E-state index >= 15 is 0 Å². The summed E-state index contributed by atoms with van der Waals surface area (Å²) in [6.07, 6.45) is 2.53. The summed E-state index contributed by atoms with van der Waals surface area (Å²) < 4.78 is 5.44. The Morgan fingerprint density at radius 1 is 1.38 bits per heavy atom. The van der Waals surface area contributed by atoms with E-state index in [-0.39, 0.29) is 11.4 Å². The number of anilines is 1. The topological polar surface area (TPSA) is 41.6 Å². The van der Waals surface area contributed by atoms with Crippen LogP contribution in [0.25, 0.3) is 0 Å². The third kappa shape index (κ3) is 3.97. The molecule has 0 spiro atoms. The number of hydrogen-bond donors (Lipinski definition) is 1. The van der Waals surface area contributed by atoms with Gasteiger partial charge in [0.15, 0.2) is 0 Å². The minimum absolute atomic E-state index is 0.0395. The van der Waals surface area contributed by atoms with Crippen molar-refractivity contribution in [2.45, 2.75) is 45.6 Å². The number of nitrogens with zero attached hydrogens (tertiary/aromatic N) is 1. The fourth-order valence-electron chi connectivity index (χ4n) is 2.71. The van der Waals surface area contributed by atoms with Crippen molar-refractivity contribution < 1.29 is 9.53 Å². The average Bonchev–Trinajstić information content (AvgIpc) is 2.44. The first kappa shape index (κ1) is 15.8. The van der Waals surface area contributed by atoms with E-state index < -0.39 is 0 Å². The molecule has 0 unspecified atom stereocenters. The Kier molecular flexibility index (Phi) is 4.88. The second-order valence-corrected chi connectivity index (χ2v) is 6.54. The summed E-state index contributed by atoms with van der Waals surface area (Å²) >= 11 is 0. The Labute approximate surface area is 127 Å². The molecule has 1 aliphatic rings. The molecule has 2 rings (SSSR count). The molecule has 0 atom stereocenters. The van der Waals surface area contributed by atoms with Gasteiger partial charge in [-0.1, -0.05) is 12.1 Å². The number of hydrogen-bond acceptors (Lipinski definition) is 3. The van der Waals surface area contributed by atoms with E-state index in [0.29, 0.717) is 13.0 Å². The zero-order valence-corrected chi connectivity index (χ0v) is 13.5. The lowest BCUT2D eigenvalue weighted by Crippen LogP contribution is -2.41. The molecule has 0 fully saturated rings. The van der Waals surface area contributed by atoms with Gasteiger partial charge in [0.2, 0.25) is 5.91 Å². The Hall–Kier alpha value is -1.55. The summed E-state index contributed by atoms with van der Waals surface area (Å²) in [5.41, 5.74) is 2.21. The Bertz CT molecular complexity index is 492. The number of para-hydroxylation sites is 1. The van der Waals surface area contributed by atoms with Crippen molar-refractivity contribution in [1.82, 2.24) is 5.32 Å². The normalized spacial score (nSPS) is 14.8. The highest BCUT2D eigenvalue weighted by molar-refractivity contribution is 5.96. The third-order valence-corrected chi connectivity index (χ3v) is 3.70. The van der Waals surface area contributed by atoms with Crippen molar-refractivity contribution in [3.05, 3.63) is 23.8 Å². The first-order valence-corrected chi connectivity index (χ1v) is 7.63. The second kappa shape index (κ2) is 6.48. The van der Waals surface area contributed by atoms with E-state index in [1.54, 1.807) is 7.11 Å². The second-order valence-electron chi connectivity index (χ2n) is 6.54. The van der Waals surface area contributed by atoms with Gasteiger partial charge in [-0.15, -0.1) is 0 Å². The molecule has 1 heterocycles. The van der Waals surface area contributed by atoms with Crippen molar-refractivity contribution in [3.63, 3.8) is 0 Å². The lowest BCUT2D eigenvalue weighted by Gasteiger charge is -2.31. The van der Waals surface area contributed by atoms with Crippen LogP contribution in [-0.4, -0.2) is 31.6 Å². The minimum atomic E-state index is 0.0395. The lowest BCUT2D eigenvalue weighted by atomic mass is 10.0. The van der Waals surface area contributed by atoms with Crippen LogP contribution in [0.15, 0.2) is 18.2 Å². The summed E-state index contributed by atoms with van der Waals surface area (Å²) in [4.78, 5) is 14.4. The van der Waals surface area contributed by atoms with E-state index in [9.17, 15) is 4.79 Å². The third-order valence-electron chi connectivity index (χ3n) is 3.70. The molecule has 1 N–H and O–H groups in total. The van der Waals surface area contributed by atoms with Gasteiger partial charge in [-0.25, -0.2) is 0 Å². The van der Waals surface area contributed by atoms with Gasteiger partial charge in [0, 0.05) is 25.0 Å². The fourth-order valence-corrected chi connectivity index (χ4v) is 2.71. The number of carbonyl (C=O) groups excluding carboxylic acids is 1. The molecular formula is C17H26N2O2. The predicted molar refractivity (Wildman–Crippen MR) is 86.0 cm³/mol. The molecule has 4 nitrogen and oxygen atoms in total. The SMILES string of the molecule is COc1cccc2c1N(C(=O)CCNC(C)(C)C)CCC2. The number of nitrogens with one attached hydrogen (secondary N) is 1. The number of rotatable bonds is 4. The first-order chi connectivity index (χ1) is 9.92. The summed E-state index contributed by atoms with van der Waals surface area (Å²) in [5, 5.41) is 3.37. The molecule has 1 aromatic carbocycles. The minimum Gasteiger partial charge on any atom is -0.495 e. The monoisotopic (exact) mass is 290 g/mol. The molecule has 0 saturated heterocycles. The first-order valence-electron chi connectivity index (χ1n) is 7.63. The highest BCUT2D eigenvalue weighted by Gasteiger charge is 2.25. The van der Waals surface area contributed by atoms with E-state index in [1.807, 2.05) is 17.0 Å². The van der Waals surface area contributed by atoms with Crippen molar-refractivity contribution in [2.75, 3.05) is 25.1 Å². The molecule has 21 heavy (non-hydrogen) atoms. The molecular weight excluding hydrogens is 264 g/mol. The molecule has 4 heteroatoms. The molecule has 1 aliphatic heterocycles. The van der Waals surface area contributed by atoms with Crippen LogP contribution in [-0.2, 0) is 11.2 Å². The van der Waals surface area contributed by atoms with Gasteiger partial charge < -0.3 is 15.0 Å². The van der Waals surface area contributed by atoms with Crippen LogP contribution in [0.2, 0.25) is 0 Å². The van der Waals surface area contributed by atoms with Gasteiger partial charge in [0.25, 0.3) is 0 Å². The molecule has 116 valence electrons. The maximum absolute atomic E-state index is 12.5. The molecule has 0 aromatic heterocycles.